The third kappa shape index (κ3) is 8.01. The van der Waals surface area contributed by atoms with Crippen LogP contribution in [0.15, 0.2) is 59.5 Å². The molecule has 1 atom stereocenters. The first kappa shape index (κ1) is 29.2. The number of aryl methyl sites for hydroxylation is 3. The first-order valence-electron chi connectivity index (χ1n) is 11.5. The van der Waals surface area contributed by atoms with Crippen LogP contribution in [0.5, 0.6) is 0 Å². The van der Waals surface area contributed by atoms with Crippen LogP contribution in [0, 0.1) is 20.8 Å². The van der Waals surface area contributed by atoms with E-state index < -0.39 is 12.0 Å². The molecule has 3 N–H and O–H groups in total. The number of ether oxygens (including phenoxy) is 1. The summed E-state index contributed by atoms with van der Waals surface area (Å²) in [5.74, 6) is -1.42. The number of amides is 1. The van der Waals surface area contributed by atoms with Gasteiger partial charge in [-0.1, -0.05) is 42.8 Å². The van der Waals surface area contributed by atoms with E-state index in [0.29, 0.717) is 12.0 Å². The molecule has 192 valence electrons. The summed E-state index contributed by atoms with van der Waals surface area (Å²) in [6, 6.07) is 16.7. The highest BCUT2D eigenvalue weighted by atomic mass is 35.5. The molecular weight excluding hydrogens is 496 g/mol. The predicted octanol–water partition coefficient (Wildman–Crippen LogP) is 6.91. The Bertz CT molecular complexity index is 1220. The van der Waals surface area contributed by atoms with E-state index in [1.807, 2.05) is 57.2 Å². The minimum atomic E-state index is -1.04. The Hall–Kier alpha value is -3.00. The fourth-order valence-electron chi connectivity index (χ4n) is 3.41. The standard InChI is InChI=1S/C26H27ClN2O3S.C2H6O/c1-5-23(26(31)32)28-25(30)21-10-9-19(11-15(21)2)18-7-6-8-20(14-18)29-33-24-13-16(3)22(27)12-17(24)4;1-3-2/h6-14,23,29H,5H2,1-4H3,(H,28,30)(H,31,32);1-2H3/t23-;/m0./s1. The summed E-state index contributed by atoms with van der Waals surface area (Å²) >= 11 is 7.74. The molecule has 8 heteroatoms. The van der Waals surface area contributed by atoms with Gasteiger partial charge in [-0.25, -0.2) is 4.79 Å². The van der Waals surface area contributed by atoms with E-state index in [1.165, 1.54) is 11.9 Å². The van der Waals surface area contributed by atoms with Gasteiger partial charge in [-0.3, -0.25) is 4.79 Å². The van der Waals surface area contributed by atoms with Crippen molar-refractivity contribution >= 4 is 41.1 Å². The second kappa shape index (κ2) is 13.9. The molecule has 0 aliphatic heterocycles. The zero-order valence-corrected chi connectivity index (χ0v) is 23.0. The van der Waals surface area contributed by atoms with Gasteiger partial charge in [-0.15, -0.1) is 0 Å². The highest BCUT2D eigenvalue weighted by Crippen LogP contribution is 2.31. The van der Waals surface area contributed by atoms with Crippen molar-refractivity contribution in [1.82, 2.24) is 5.32 Å². The molecule has 3 aromatic carbocycles. The van der Waals surface area contributed by atoms with E-state index in [2.05, 4.69) is 26.9 Å². The molecule has 6 nitrogen and oxygen atoms in total. The van der Waals surface area contributed by atoms with Crippen molar-refractivity contribution in [2.24, 2.45) is 0 Å². The maximum atomic E-state index is 12.5. The summed E-state index contributed by atoms with van der Waals surface area (Å²) in [5.41, 5.74) is 6.34. The van der Waals surface area contributed by atoms with Crippen LogP contribution in [0.25, 0.3) is 11.1 Å². The molecule has 36 heavy (non-hydrogen) atoms. The number of carbonyl (C=O) groups is 2. The average molecular weight is 529 g/mol. The van der Waals surface area contributed by atoms with Crippen molar-refractivity contribution in [3.8, 4) is 11.1 Å². The molecule has 0 saturated carbocycles. The average Bonchev–Trinajstić information content (AvgIpc) is 2.84. The summed E-state index contributed by atoms with van der Waals surface area (Å²) in [5, 5.41) is 12.5. The van der Waals surface area contributed by atoms with Crippen LogP contribution in [0.4, 0.5) is 5.69 Å². The van der Waals surface area contributed by atoms with Gasteiger partial charge in [-0.2, -0.15) is 0 Å². The molecule has 0 aromatic heterocycles. The van der Waals surface area contributed by atoms with Gasteiger partial charge in [-0.05, 0) is 97.3 Å². The van der Waals surface area contributed by atoms with E-state index >= 15 is 0 Å². The summed E-state index contributed by atoms with van der Waals surface area (Å²) in [7, 11) is 3.25. The number of carboxylic acid groups (broad SMARTS) is 1. The molecular formula is C28H33ClN2O4S. The van der Waals surface area contributed by atoms with Gasteiger partial charge in [0, 0.05) is 35.4 Å². The van der Waals surface area contributed by atoms with Crippen molar-refractivity contribution in [3.05, 3.63) is 81.9 Å². The second-order valence-corrected chi connectivity index (χ2v) is 9.62. The fourth-order valence-corrected chi connectivity index (χ4v) is 4.44. The van der Waals surface area contributed by atoms with Gasteiger partial charge in [0.15, 0.2) is 0 Å². The number of anilines is 1. The van der Waals surface area contributed by atoms with Gasteiger partial charge in [0.25, 0.3) is 5.91 Å². The monoisotopic (exact) mass is 528 g/mol. The Morgan fingerprint density at radius 1 is 0.972 bits per heavy atom. The lowest BCUT2D eigenvalue weighted by Crippen LogP contribution is -2.40. The minimum absolute atomic E-state index is 0.325. The number of hydrogen-bond donors (Lipinski definition) is 3. The molecule has 0 aliphatic rings. The van der Waals surface area contributed by atoms with Crippen molar-refractivity contribution < 1.29 is 19.4 Å². The van der Waals surface area contributed by atoms with E-state index in [-0.39, 0.29) is 5.91 Å². The van der Waals surface area contributed by atoms with E-state index in [1.54, 1.807) is 27.2 Å². The normalized spacial score (nSPS) is 11.2. The number of carboxylic acids is 1. The Morgan fingerprint density at radius 2 is 1.64 bits per heavy atom. The Labute approximate surface area is 222 Å². The first-order chi connectivity index (χ1) is 17.1. The molecule has 0 spiro atoms. The van der Waals surface area contributed by atoms with Crippen molar-refractivity contribution in [1.29, 1.82) is 0 Å². The summed E-state index contributed by atoms with van der Waals surface area (Å²) in [6.07, 6.45) is 0.325. The largest absolute Gasteiger partial charge is 0.480 e. The van der Waals surface area contributed by atoms with Crippen LogP contribution in [0.3, 0.4) is 0 Å². The van der Waals surface area contributed by atoms with Crippen molar-refractivity contribution in [3.63, 3.8) is 0 Å². The van der Waals surface area contributed by atoms with Crippen LogP contribution in [0.1, 0.15) is 40.4 Å². The summed E-state index contributed by atoms with van der Waals surface area (Å²) in [4.78, 5) is 24.9. The lowest BCUT2D eigenvalue weighted by atomic mass is 9.99. The Kier molecular flexibility index (Phi) is 11.3. The quantitative estimate of drug-likeness (QED) is 0.275. The van der Waals surface area contributed by atoms with Gasteiger partial charge in [0.2, 0.25) is 0 Å². The topological polar surface area (TPSA) is 87.7 Å². The highest BCUT2D eigenvalue weighted by molar-refractivity contribution is 8.00. The molecule has 0 radical (unpaired) electrons. The molecule has 0 bridgehead atoms. The second-order valence-electron chi connectivity index (χ2n) is 8.36. The zero-order valence-electron chi connectivity index (χ0n) is 21.4. The summed E-state index contributed by atoms with van der Waals surface area (Å²) < 4.78 is 7.65. The number of hydrogen-bond acceptors (Lipinski definition) is 5. The number of halogens is 1. The number of rotatable bonds is 8. The number of carbonyl (C=O) groups excluding carboxylic acids is 1. The molecule has 0 heterocycles. The number of methoxy groups -OCH3 is 1. The lowest BCUT2D eigenvalue weighted by Gasteiger charge is -2.14. The van der Waals surface area contributed by atoms with E-state index in [4.69, 9.17) is 11.6 Å². The molecule has 0 aliphatic carbocycles. The molecule has 0 saturated heterocycles. The fraction of sp³-hybridized carbons (Fsp3) is 0.286. The van der Waals surface area contributed by atoms with Crippen LogP contribution in [-0.4, -0.2) is 37.2 Å². The molecule has 0 unspecified atom stereocenters. The van der Waals surface area contributed by atoms with Gasteiger partial charge in [0.1, 0.15) is 6.04 Å². The van der Waals surface area contributed by atoms with E-state index in [9.17, 15) is 14.7 Å². The lowest BCUT2D eigenvalue weighted by molar-refractivity contribution is -0.139. The van der Waals surface area contributed by atoms with Crippen LogP contribution in [-0.2, 0) is 9.53 Å². The number of benzene rings is 3. The first-order valence-corrected chi connectivity index (χ1v) is 12.6. The molecule has 0 fully saturated rings. The molecule has 3 rings (SSSR count). The highest BCUT2D eigenvalue weighted by Gasteiger charge is 2.19. The van der Waals surface area contributed by atoms with Gasteiger partial charge in [0.05, 0.1) is 0 Å². The van der Waals surface area contributed by atoms with Crippen molar-refractivity contribution in [2.75, 3.05) is 18.9 Å². The maximum absolute atomic E-state index is 12.5. The Balaban J connectivity index is 0.00000145. The smallest absolute Gasteiger partial charge is 0.326 e. The number of aliphatic carboxylic acids is 1. The predicted molar refractivity (Wildman–Crippen MR) is 149 cm³/mol. The Morgan fingerprint density at radius 3 is 2.25 bits per heavy atom. The van der Waals surface area contributed by atoms with Crippen LogP contribution >= 0.6 is 23.5 Å². The van der Waals surface area contributed by atoms with Gasteiger partial charge >= 0.3 is 5.97 Å². The third-order valence-electron chi connectivity index (χ3n) is 5.41. The van der Waals surface area contributed by atoms with E-state index in [0.717, 1.165) is 43.4 Å². The van der Waals surface area contributed by atoms with Gasteiger partial charge < -0.3 is 19.9 Å². The maximum Gasteiger partial charge on any atom is 0.326 e. The van der Waals surface area contributed by atoms with Crippen LogP contribution < -0.4 is 10.0 Å². The summed E-state index contributed by atoms with van der Waals surface area (Å²) in [6.45, 7) is 7.60. The zero-order chi connectivity index (χ0) is 26.8. The third-order valence-corrected chi connectivity index (χ3v) is 6.82. The molecule has 1 amide bonds. The van der Waals surface area contributed by atoms with Crippen molar-refractivity contribution in [2.45, 2.75) is 45.1 Å². The molecule has 3 aromatic rings. The minimum Gasteiger partial charge on any atom is -0.480 e. The SMILES string of the molecule is CC[C@H](NC(=O)c1ccc(-c2cccc(NSc3cc(C)c(Cl)cc3C)c2)cc1C)C(=O)O.COC. The van der Waals surface area contributed by atoms with Crippen LogP contribution in [0.2, 0.25) is 5.02 Å². The number of nitrogens with one attached hydrogen (secondary N) is 2.